The molecule has 2 amide bonds. The van der Waals surface area contributed by atoms with Crippen LogP contribution in [0.25, 0.3) is 0 Å². The van der Waals surface area contributed by atoms with Gasteiger partial charge in [0.2, 0.25) is 5.91 Å². The molecule has 0 aliphatic heterocycles. The summed E-state index contributed by atoms with van der Waals surface area (Å²) in [5, 5.41) is 7.78. The average molecular weight is 476 g/mol. The van der Waals surface area contributed by atoms with Crippen LogP contribution < -0.4 is 16.0 Å². The quantitative estimate of drug-likeness (QED) is 0.409. The van der Waals surface area contributed by atoms with Crippen molar-refractivity contribution >= 4 is 34.8 Å². The highest BCUT2D eigenvalue weighted by atomic mass is 35.5. The first kappa shape index (κ1) is 24.1. The Balaban J connectivity index is 1.60. The molecule has 0 saturated heterocycles. The van der Waals surface area contributed by atoms with Gasteiger partial charge in [-0.2, -0.15) is 13.2 Å². The molecule has 3 aromatic carbocycles. The highest BCUT2D eigenvalue weighted by molar-refractivity contribution is 6.30. The normalized spacial score (nSPS) is 11.0. The second-order valence-corrected chi connectivity index (χ2v) is 7.56. The molecule has 33 heavy (non-hydrogen) atoms. The van der Waals surface area contributed by atoms with Crippen molar-refractivity contribution in [1.29, 1.82) is 0 Å². The maximum atomic E-state index is 13.2. The standard InChI is InChI=1S/C24H21ClF3N3O2/c25-17-10-11-21(19(14-17)24(26,27)28)31-22(32)15-30-20-9-5-4-8-18(20)23(33)29-13-12-16-6-2-1-3-7-16/h1-11,14,30H,12-13,15H2,(H,29,33)(H,31,32). The minimum absolute atomic E-state index is 0.0920. The van der Waals surface area contributed by atoms with Crippen LogP contribution in [0.2, 0.25) is 5.02 Å². The van der Waals surface area contributed by atoms with E-state index in [1.54, 1.807) is 24.3 Å². The Labute approximate surface area is 194 Å². The van der Waals surface area contributed by atoms with Gasteiger partial charge in [-0.15, -0.1) is 0 Å². The molecule has 3 rings (SSSR count). The lowest BCUT2D eigenvalue weighted by atomic mass is 10.1. The van der Waals surface area contributed by atoms with E-state index < -0.39 is 23.3 Å². The Bertz CT molecular complexity index is 1120. The lowest BCUT2D eigenvalue weighted by Gasteiger charge is -2.15. The SMILES string of the molecule is O=C(CNc1ccccc1C(=O)NCCc1ccccc1)Nc1ccc(Cl)cc1C(F)(F)F. The van der Waals surface area contributed by atoms with Crippen LogP contribution in [0.15, 0.2) is 72.8 Å². The van der Waals surface area contributed by atoms with E-state index in [0.717, 1.165) is 17.7 Å². The summed E-state index contributed by atoms with van der Waals surface area (Å²) in [6.07, 6.45) is -4.02. The molecule has 0 aromatic heterocycles. The molecule has 3 N–H and O–H groups in total. The van der Waals surface area contributed by atoms with E-state index in [-0.39, 0.29) is 17.5 Å². The first-order chi connectivity index (χ1) is 15.7. The number of hydrogen-bond acceptors (Lipinski definition) is 3. The molecule has 0 heterocycles. The average Bonchev–Trinajstić information content (AvgIpc) is 2.79. The van der Waals surface area contributed by atoms with Crippen LogP contribution in [0, 0.1) is 0 Å². The Morgan fingerprint density at radius 3 is 2.30 bits per heavy atom. The molecule has 9 heteroatoms. The highest BCUT2D eigenvalue weighted by Gasteiger charge is 2.34. The Morgan fingerprint density at radius 2 is 1.58 bits per heavy atom. The smallest absolute Gasteiger partial charge is 0.376 e. The third-order valence-corrected chi connectivity index (χ3v) is 4.95. The van der Waals surface area contributed by atoms with Crippen molar-refractivity contribution in [1.82, 2.24) is 5.32 Å². The van der Waals surface area contributed by atoms with Gasteiger partial charge in [-0.25, -0.2) is 0 Å². The van der Waals surface area contributed by atoms with Crippen molar-refractivity contribution < 1.29 is 22.8 Å². The zero-order valence-electron chi connectivity index (χ0n) is 17.4. The number of hydrogen-bond donors (Lipinski definition) is 3. The monoisotopic (exact) mass is 475 g/mol. The zero-order valence-corrected chi connectivity index (χ0v) is 18.1. The molecule has 0 atom stereocenters. The number of carbonyl (C=O) groups is 2. The summed E-state index contributed by atoms with van der Waals surface area (Å²) in [5.41, 5.74) is 0.353. The van der Waals surface area contributed by atoms with E-state index >= 15 is 0 Å². The molecule has 0 saturated carbocycles. The van der Waals surface area contributed by atoms with Crippen LogP contribution >= 0.6 is 11.6 Å². The van der Waals surface area contributed by atoms with Crippen LogP contribution in [-0.4, -0.2) is 24.9 Å². The molecule has 0 unspecified atom stereocenters. The summed E-state index contributed by atoms with van der Waals surface area (Å²) in [5.74, 6) is -1.03. The van der Waals surface area contributed by atoms with E-state index in [4.69, 9.17) is 11.6 Å². The van der Waals surface area contributed by atoms with Crippen LogP contribution in [0.3, 0.4) is 0 Å². The van der Waals surface area contributed by atoms with Gasteiger partial charge in [-0.3, -0.25) is 9.59 Å². The lowest BCUT2D eigenvalue weighted by molar-refractivity contribution is -0.137. The fourth-order valence-electron chi connectivity index (χ4n) is 3.13. The van der Waals surface area contributed by atoms with Crippen molar-refractivity contribution in [2.75, 3.05) is 23.7 Å². The summed E-state index contributed by atoms with van der Waals surface area (Å²) in [6, 6.07) is 19.4. The highest BCUT2D eigenvalue weighted by Crippen LogP contribution is 2.36. The third-order valence-electron chi connectivity index (χ3n) is 4.71. The summed E-state index contributed by atoms with van der Waals surface area (Å²) >= 11 is 5.66. The van der Waals surface area contributed by atoms with Gasteiger partial charge in [0.05, 0.1) is 23.4 Å². The Hall–Kier alpha value is -3.52. The van der Waals surface area contributed by atoms with Gasteiger partial charge in [0.1, 0.15) is 0 Å². The number of halogens is 4. The van der Waals surface area contributed by atoms with Crippen LogP contribution in [0.5, 0.6) is 0 Å². The molecule has 0 bridgehead atoms. The van der Waals surface area contributed by atoms with E-state index in [1.807, 2.05) is 30.3 Å². The van der Waals surface area contributed by atoms with Gasteiger partial charge in [-0.05, 0) is 42.3 Å². The first-order valence-corrected chi connectivity index (χ1v) is 10.4. The number of amides is 2. The molecule has 0 radical (unpaired) electrons. The minimum atomic E-state index is -4.68. The number of anilines is 2. The van der Waals surface area contributed by atoms with Gasteiger partial charge >= 0.3 is 6.18 Å². The second-order valence-electron chi connectivity index (χ2n) is 7.13. The molecule has 0 aliphatic rings. The molecule has 172 valence electrons. The molecular weight excluding hydrogens is 455 g/mol. The predicted octanol–water partition coefficient (Wildman–Crippen LogP) is 5.38. The molecule has 0 fully saturated rings. The number of nitrogens with one attached hydrogen (secondary N) is 3. The number of rotatable bonds is 8. The maximum Gasteiger partial charge on any atom is 0.418 e. The number of benzene rings is 3. The topological polar surface area (TPSA) is 70.2 Å². The number of alkyl halides is 3. The second kappa shape index (κ2) is 10.9. The fraction of sp³-hybridized carbons (Fsp3) is 0.167. The van der Waals surface area contributed by atoms with Gasteiger partial charge in [-0.1, -0.05) is 54.1 Å². The van der Waals surface area contributed by atoms with Crippen LogP contribution in [-0.2, 0) is 17.4 Å². The molecule has 3 aromatic rings. The summed E-state index contributed by atoms with van der Waals surface area (Å²) in [7, 11) is 0. The summed E-state index contributed by atoms with van der Waals surface area (Å²) < 4.78 is 39.6. The molecular formula is C24H21ClF3N3O2. The number of para-hydroxylation sites is 1. The first-order valence-electron chi connectivity index (χ1n) is 10.1. The predicted molar refractivity (Wildman–Crippen MR) is 122 cm³/mol. The third kappa shape index (κ3) is 6.98. The number of carbonyl (C=O) groups excluding carboxylic acids is 2. The van der Waals surface area contributed by atoms with Crippen molar-refractivity contribution in [3.63, 3.8) is 0 Å². The van der Waals surface area contributed by atoms with Gasteiger partial charge in [0.15, 0.2) is 0 Å². The zero-order chi connectivity index (χ0) is 23.8. The van der Waals surface area contributed by atoms with E-state index in [9.17, 15) is 22.8 Å². The Kier molecular flexibility index (Phi) is 7.95. The van der Waals surface area contributed by atoms with E-state index in [0.29, 0.717) is 24.2 Å². The molecule has 0 spiro atoms. The van der Waals surface area contributed by atoms with Crippen LogP contribution in [0.1, 0.15) is 21.5 Å². The van der Waals surface area contributed by atoms with Crippen molar-refractivity contribution in [2.45, 2.75) is 12.6 Å². The largest absolute Gasteiger partial charge is 0.418 e. The van der Waals surface area contributed by atoms with Crippen molar-refractivity contribution in [3.8, 4) is 0 Å². The van der Waals surface area contributed by atoms with Gasteiger partial charge in [0.25, 0.3) is 5.91 Å². The lowest BCUT2D eigenvalue weighted by Crippen LogP contribution is -2.28. The maximum absolute atomic E-state index is 13.2. The van der Waals surface area contributed by atoms with E-state index in [2.05, 4.69) is 16.0 Å². The van der Waals surface area contributed by atoms with Crippen LogP contribution in [0.4, 0.5) is 24.5 Å². The van der Waals surface area contributed by atoms with E-state index in [1.165, 1.54) is 6.07 Å². The van der Waals surface area contributed by atoms with Crippen molar-refractivity contribution in [2.24, 2.45) is 0 Å². The minimum Gasteiger partial charge on any atom is -0.376 e. The molecule has 5 nitrogen and oxygen atoms in total. The van der Waals surface area contributed by atoms with Gasteiger partial charge < -0.3 is 16.0 Å². The van der Waals surface area contributed by atoms with Gasteiger partial charge in [0, 0.05) is 17.3 Å². The summed E-state index contributed by atoms with van der Waals surface area (Å²) in [4.78, 5) is 24.9. The Morgan fingerprint density at radius 1 is 0.879 bits per heavy atom. The molecule has 0 aliphatic carbocycles. The fourth-order valence-corrected chi connectivity index (χ4v) is 3.30. The summed E-state index contributed by atoms with van der Waals surface area (Å²) in [6.45, 7) is 0.0860. The van der Waals surface area contributed by atoms with Crippen molar-refractivity contribution in [3.05, 3.63) is 94.5 Å².